The minimum atomic E-state index is 0.164. The first-order chi connectivity index (χ1) is 7.19. The van der Waals surface area contributed by atoms with Crippen LogP contribution in [0.3, 0.4) is 0 Å². The molecular formula is C9H15N3O2S. The third-order valence-corrected chi connectivity index (χ3v) is 3.00. The molecule has 3 N–H and O–H groups in total. The molecule has 0 fully saturated rings. The topological polar surface area (TPSA) is 81.3 Å². The molecule has 1 rings (SSSR count). The summed E-state index contributed by atoms with van der Waals surface area (Å²) < 4.78 is 5.12. The molecule has 0 aliphatic rings. The lowest BCUT2D eigenvalue weighted by molar-refractivity contribution is 0.289. The molecule has 0 saturated heterocycles. The van der Waals surface area contributed by atoms with E-state index in [4.69, 9.17) is 15.6 Å². The van der Waals surface area contributed by atoms with E-state index in [-0.39, 0.29) is 11.9 Å². The summed E-state index contributed by atoms with van der Waals surface area (Å²) in [5, 5.41) is 9.77. The number of anilines is 1. The summed E-state index contributed by atoms with van der Waals surface area (Å²) in [6.45, 7) is 2.18. The van der Waals surface area contributed by atoms with Crippen LogP contribution >= 0.6 is 11.8 Å². The molecule has 1 aromatic rings. The molecule has 0 radical (unpaired) electrons. The molecule has 1 heterocycles. The van der Waals surface area contributed by atoms with E-state index < -0.39 is 0 Å². The van der Waals surface area contributed by atoms with Crippen LogP contribution in [-0.2, 0) is 0 Å². The van der Waals surface area contributed by atoms with Crippen molar-refractivity contribution < 1.29 is 9.84 Å². The number of hydrogen-bond donors (Lipinski definition) is 2. The molecule has 6 heteroatoms. The van der Waals surface area contributed by atoms with Crippen molar-refractivity contribution in [2.45, 2.75) is 23.6 Å². The predicted molar refractivity (Wildman–Crippen MR) is 60.0 cm³/mol. The molecule has 5 nitrogen and oxygen atoms in total. The Hall–Kier alpha value is -1.01. The number of thioether (sulfide) groups is 1. The molecule has 0 aliphatic carbocycles. The monoisotopic (exact) mass is 229 g/mol. The van der Waals surface area contributed by atoms with E-state index in [9.17, 15) is 0 Å². The lowest BCUT2D eigenvalue weighted by Gasteiger charge is -2.12. The van der Waals surface area contributed by atoms with Crippen LogP contribution in [0.15, 0.2) is 11.4 Å². The van der Waals surface area contributed by atoms with E-state index in [0.717, 1.165) is 0 Å². The van der Waals surface area contributed by atoms with Crippen molar-refractivity contribution in [1.29, 1.82) is 0 Å². The number of nitrogens with zero attached hydrogens (tertiary/aromatic N) is 2. The number of methoxy groups -OCH3 is 1. The lowest BCUT2D eigenvalue weighted by atomic mass is 10.3. The van der Waals surface area contributed by atoms with Crippen LogP contribution in [0.1, 0.15) is 13.3 Å². The Labute approximate surface area is 93.1 Å². The fourth-order valence-corrected chi connectivity index (χ4v) is 2.08. The van der Waals surface area contributed by atoms with Crippen molar-refractivity contribution >= 4 is 17.6 Å². The molecule has 1 unspecified atom stereocenters. The van der Waals surface area contributed by atoms with Gasteiger partial charge in [0.15, 0.2) is 11.6 Å². The summed E-state index contributed by atoms with van der Waals surface area (Å²) in [6, 6.07) is 0. The van der Waals surface area contributed by atoms with E-state index in [1.165, 1.54) is 25.2 Å². The molecule has 1 aromatic heterocycles. The van der Waals surface area contributed by atoms with Gasteiger partial charge in [0.25, 0.3) is 0 Å². The first-order valence-corrected chi connectivity index (χ1v) is 5.49. The number of aliphatic hydroxyl groups excluding tert-OH is 1. The van der Waals surface area contributed by atoms with Gasteiger partial charge in [0.2, 0.25) is 0 Å². The van der Waals surface area contributed by atoms with Crippen molar-refractivity contribution in [3.63, 3.8) is 0 Å². The van der Waals surface area contributed by atoms with E-state index in [1.807, 2.05) is 6.92 Å². The van der Waals surface area contributed by atoms with Crippen LogP contribution in [0.2, 0.25) is 0 Å². The van der Waals surface area contributed by atoms with Gasteiger partial charge < -0.3 is 15.6 Å². The standard InChI is InChI=1S/C9H15N3O2S/c1-6(3-4-13)15-9-7(14-2)8(10)11-5-12-9/h5-6,13H,3-4H2,1-2H3,(H2,10,11,12). The Morgan fingerprint density at radius 1 is 1.60 bits per heavy atom. The number of nitrogens with two attached hydrogens (primary N) is 1. The maximum Gasteiger partial charge on any atom is 0.193 e. The number of aromatic nitrogens is 2. The van der Waals surface area contributed by atoms with Crippen molar-refractivity contribution in [3.8, 4) is 5.75 Å². The van der Waals surface area contributed by atoms with Crippen LogP contribution in [0.25, 0.3) is 0 Å². The summed E-state index contributed by atoms with van der Waals surface area (Å²) >= 11 is 1.52. The maximum atomic E-state index is 8.79. The molecule has 84 valence electrons. The van der Waals surface area contributed by atoms with Gasteiger partial charge in [0.05, 0.1) is 7.11 Å². The van der Waals surface area contributed by atoms with E-state index in [2.05, 4.69) is 9.97 Å². The molecule has 0 bridgehead atoms. The second-order valence-electron chi connectivity index (χ2n) is 3.04. The number of hydrogen-bond acceptors (Lipinski definition) is 6. The summed E-state index contributed by atoms with van der Waals surface area (Å²) in [4.78, 5) is 7.94. The highest BCUT2D eigenvalue weighted by Crippen LogP contribution is 2.33. The molecule has 1 atom stereocenters. The second kappa shape index (κ2) is 5.77. The van der Waals surface area contributed by atoms with E-state index >= 15 is 0 Å². The van der Waals surface area contributed by atoms with Gasteiger partial charge in [-0.1, -0.05) is 18.7 Å². The van der Waals surface area contributed by atoms with Crippen LogP contribution in [0.4, 0.5) is 5.82 Å². The van der Waals surface area contributed by atoms with Crippen molar-refractivity contribution in [2.24, 2.45) is 0 Å². The maximum absolute atomic E-state index is 8.79. The van der Waals surface area contributed by atoms with E-state index in [1.54, 1.807) is 0 Å². The molecule has 0 aliphatic heterocycles. The average Bonchev–Trinajstić information content (AvgIpc) is 2.18. The summed E-state index contributed by atoms with van der Waals surface area (Å²) in [5.74, 6) is 0.846. The zero-order chi connectivity index (χ0) is 11.3. The molecule has 0 aromatic carbocycles. The number of rotatable bonds is 5. The Morgan fingerprint density at radius 3 is 2.93 bits per heavy atom. The summed E-state index contributed by atoms with van der Waals surface area (Å²) in [6.07, 6.45) is 2.11. The molecule has 0 amide bonds. The zero-order valence-electron chi connectivity index (χ0n) is 8.80. The third kappa shape index (κ3) is 3.24. The predicted octanol–water partition coefficient (Wildman–Crippen LogP) is 0.930. The zero-order valence-corrected chi connectivity index (χ0v) is 9.62. The quantitative estimate of drug-likeness (QED) is 0.577. The highest BCUT2D eigenvalue weighted by atomic mass is 32.2. The number of aliphatic hydroxyl groups is 1. The van der Waals surface area contributed by atoms with Crippen LogP contribution in [0.5, 0.6) is 5.75 Å². The van der Waals surface area contributed by atoms with Crippen molar-refractivity contribution in [3.05, 3.63) is 6.33 Å². The van der Waals surface area contributed by atoms with Crippen LogP contribution in [0, 0.1) is 0 Å². The molecule has 15 heavy (non-hydrogen) atoms. The Kier molecular flexibility index (Phi) is 4.64. The number of ether oxygens (including phenoxy) is 1. The van der Waals surface area contributed by atoms with Gasteiger partial charge in [-0.25, -0.2) is 9.97 Å². The summed E-state index contributed by atoms with van der Waals surface area (Å²) in [7, 11) is 1.54. The van der Waals surface area contributed by atoms with Gasteiger partial charge in [0.1, 0.15) is 11.4 Å². The van der Waals surface area contributed by atoms with Gasteiger partial charge in [0, 0.05) is 11.9 Å². The average molecular weight is 229 g/mol. The fraction of sp³-hybridized carbons (Fsp3) is 0.556. The van der Waals surface area contributed by atoms with Gasteiger partial charge >= 0.3 is 0 Å². The first-order valence-electron chi connectivity index (χ1n) is 4.61. The van der Waals surface area contributed by atoms with Gasteiger partial charge in [-0.05, 0) is 6.42 Å². The summed E-state index contributed by atoms with van der Waals surface area (Å²) in [5.41, 5.74) is 5.64. The largest absolute Gasteiger partial charge is 0.490 e. The molecular weight excluding hydrogens is 214 g/mol. The molecule has 0 spiro atoms. The second-order valence-corrected chi connectivity index (χ2v) is 4.47. The Morgan fingerprint density at radius 2 is 2.33 bits per heavy atom. The van der Waals surface area contributed by atoms with Gasteiger partial charge in [-0.2, -0.15) is 0 Å². The highest BCUT2D eigenvalue weighted by molar-refractivity contribution is 7.99. The smallest absolute Gasteiger partial charge is 0.193 e. The first kappa shape index (κ1) is 12.1. The van der Waals surface area contributed by atoms with Crippen LogP contribution < -0.4 is 10.5 Å². The fourth-order valence-electron chi connectivity index (χ4n) is 1.08. The normalized spacial score (nSPS) is 12.5. The highest BCUT2D eigenvalue weighted by Gasteiger charge is 2.13. The number of nitrogen functional groups attached to an aromatic ring is 1. The van der Waals surface area contributed by atoms with Crippen LogP contribution in [-0.4, -0.2) is 34.0 Å². The Balaban J connectivity index is 2.80. The minimum absolute atomic E-state index is 0.164. The SMILES string of the molecule is COc1c(N)ncnc1SC(C)CCO. The lowest BCUT2D eigenvalue weighted by Crippen LogP contribution is -2.03. The van der Waals surface area contributed by atoms with Crippen molar-refractivity contribution in [2.75, 3.05) is 19.5 Å². The van der Waals surface area contributed by atoms with Gasteiger partial charge in [-0.15, -0.1) is 0 Å². The van der Waals surface area contributed by atoms with Gasteiger partial charge in [-0.3, -0.25) is 0 Å². The third-order valence-electron chi connectivity index (χ3n) is 1.85. The Bertz CT molecular complexity index is 322. The molecule has 0 saturated carbocycles. The van der Waals surface area contributed by atoms with Crippen molar-refractivity contribution in [1.82, 2.24) is 9.97 Å². The minimum Gasteiger partial charge on any atom is -0.490 e. The van der Waals surface area contributed by atoms with E-state index in [0.29, 0.717) is 23.0 Å².